The predicted octanol–water partition coefficient (Wildman–Crippen LogP) is 6.40. The second-order valence-corrected chi connectivity index (χ2v) is 7.96. The molecule has 0 aliphatic carbocycles. The molecule has 0 saturated heterocycles. The SMILES string of the molecule is CCOc1ccc(NC(=O)N/N=C/c2cc(Br)c(Sc3ccc(Cl)cc3)o2)cc1. The van der Waals surface area contributed by atoms with Gasteiger partial charge in [0.15, 0.2) is 5.09 Å². The number of hydrazone groups is 1. The highest BCUT2D eigenvalue weighted by atomic mass is 79.9. The van der Waals surface area contributed by atoms with Crippen LogP contribution in [0.25, 0.3) is 0 Å². The summed E-state index contributed by atoms with van der Waals surface area (Å²) in [5.41, 5.74) is 3.02. The molecule has 2 aromatic carbocycles. The van der Waals surface area contributed by atoms with Crippen molar-refractivity contribution in [2.24, 2.45) is 5.10 Å². The molecule has 1 aromatic heterocycles. The van der Waals surface area contributed by atoms with Gasteiger partial charge < -0.3 is 14.5 Å². The van der Waals surface area contributed by atoms with E-state index in [4.69, 9.17) is 20.8 Å². The molecule has 0 atom stereocenters. The van der Waals surface area contributed by atoms with E-state index in [-0.39, 0.29) is 0 Å². The normalized spacial score (nSPS) is 10.9. The number of rotatable bonds is 7. The van der Waals surface area contributed by atoms with E-state index in [1.54, 1.807) is 30.3 Å². The van der Waals surface area contributed by atoms with Crippen LogP contribution in [-0.4, -0.2) is 18.9 Å². The van der Waals surface area contributed by atoms with Gasteiger partial charge in [0.1, 0.15) is 11.5 Å². The number of urea groups is 1. The molecule has 0 bridgehead atoms. The van der Waals surface area contributed by atoms with E-state index in [0.29, 0.717) is 28.2 Å². The van der Waals surface area contributed by atoms with Gasteiger partial charge in [0.25, 0.3) is 0 Å². The molecule has 3 rings (SSSR count). The number of amides is 2. The van der Waals surface area contributed by atoms with E-state index >= 15 is 0 Å². The first-order chi connectivity index (χ1) is 14.0. The summed E-state index contributed by atoms with van der Waals surface area (Å²) in [5, 5.41) is 7.93. The van der Waals surface area contributed by atoms with Crippen LogP contribution in [0.15, 0.2) is 78.6 Å². The lowest BCUT2D eigenvalue weighted by atomic mass is 10.3. The summed E-state index contributed by atoms with van der Waals surface area (Å²) in [4.78, 5) is 12.9. The lowest BCUT2D eigenvalue weighted by Gasteiger charge is -2.06. The molecule has 1 heterocycles. The Labute approximate surface area is 185 Å². The first-order valence-electron chi connectivity index (χ1n) is 8.59. The maximum atomic E-state index is 11.9. The van der Waals surface area contributed by atoms with Crippen LogP contribution < -0.4 is 15.5 Å². The zero-order valence-corrected chi connectivity index (χ0v) is 18.5. The van der Waals surface area contributed by atoms with Gasteiger partial charge in [-0.2, -0.15) is 5.10 Å². The smallest absolute Gasteiger partial charge is 0.339 e. The number of hydrogen-bond donors (Lipinski definition) is 2. The monoisotopic (exact) mass is 493 g/mol. The quantitative estimate of drug-likeness (QED) is 0.294. The molecule has 2 amide bonds. The van der Waals surface area contributed by atoms with Crippen molar-refractivity contribution in [1.82, 2.24) is 5.43 Å². The highest BCUT2D eigenvalue weighted by molar-refractivity contribution is 9.10. The molecule has 0 aliphatic rings. The van der Waals surface area contributed by atoms with Gasteiger partial charge in [0.2, 0.25) is 0 Å². The zero-order chi connectivity index (χ0) is 20.6. The second-order valence-electron chi connectivity index (χ2n) is 5.62. The molecule has 0 aliphatic heterocycles. The Morgan fingerprint density at radius 1 is 1.24 bits per heavy atom. The summed E-state index contributed by atoms with van der Waals surface area (Å²) < 4.78 is 11.9. The van der Waals surface area contributed by atoms with Crippen molar-refractivity contribution in [3.63, 3.8) is 0 Å². The minimum absolute atomic E-state index is 0.466. The molecule has 9 heteroatoms. The highest BCUT2D eigenvalue weighted by Gasteiger charge is 2.10. The van der Waals surface area contributed by atoms with E-state index in [1.807, 2.05) is 31.2 Å². The number of nitrogens with one attached hydrogen (secondary N) is 2. The van der Waals surface area contributed by atoms with Crippen LogP contribution in [0, 0.1) is 0 Å². The summed E-state index contributed by atoms with van der Waals surface area (Å²) in [6.45, 7) is 2.50. The van der Waals surface area contributed by atoms with Gasteiger partial charge >= 0.3 is 6.03 Å². The van der Waals surface area contributed by atoms with Gasteiger partial charge in [0, 0.05) is 21.7 Å². The average molecular weight is 495 g/mol. The van der Waals surface area contributed by atoms with Crippen molar-refractivity contribution < 1.29 is 13.9 Å². The standard InChI is InChI=1S/C20H17BrClN3O3S/c1-2-27-15-7-5-14(6-8-15)24-20(26)25-23-12-16-11-18(21)19(28-16)29-17-9-3-13(22)4-10-17/h3-12H,2H2,1H3,(H2,24,25,26)/b23-12+. The van der Waals surface area contributed by atoms with Crippen molar-refractivity contribution in [2.75, 3.05) is 11.9 Å². The number of halogens is 2. The first kappa shape index (κ1) is 21.3. The Balaban J connectivity index is 1.53. The minimum atomic E-state index is -0.466. The number of anilines is 1. The van der Waals surface area contributed by atoms with Gasteiger partial charge in [-0.3, -0.25) is 0 Å². The topological polar surface area (TPSA) is 75.9 Å². The second kappa shape index (κ2) is 10.4. The zero-order valence-electron chi connectivity index (χ0n) is 15.3. The van der Waals surface area contributed by atoms with Crippen molar-refractivity contribution >= 4 is 57.2 Å². The van der Waals surface area contributed by atoms with Crippen LogP contribution in [0.1, 0.15) is 12.7 Å². The summed E-state index contributed by atoms with van der Waals surface area (Å²) in [6, 6.07) is 15.8. The molecule has 0 fully saturated rings. The largest absolute Gasteiger partial charge is 0.494 e. The van der Waals surface area contributed by atoms with E-state index < -0.39 is 6.03 Å². The lowest BCUT2D eigenvalue weighted by molar-refractivity contribution is 0.252. The Bertz CT molecular complexity index is 991. The van der Waals surface area contributed by atoms with E-state index in [9.17, 15) is 4.79 Å². The van der Waals surface area contributed by atoms with Gasteiger partial charge in [-0.25, -0.2) is 10.2 Å². The third kappa shape index (κ3) is 6.56. The molecular formula is C20H17BrClN3O3S. The van der Waals surface area contributed by atoms with Crippen molar-refractivity contribution in [2.45, 2.75) is 16.9 Å². The fourth-order valence-corrected chi connectivity index (χ4v) is 3.68. The van der Waals surface area contributed by atoms with Gasteiger partial charge in [0.05, 0.1) is 17.3 Å². The number of ether oxygens (including phenoxy) is 1. The van der Waals surface area contributed by atoms with Gasteiger partial charge in [-0.15, -0.1) is 0 Å². The van der Waals surface area contributed by atoms with Crippen LogP contribution >= 0.6 is 39.3 Å². The molecule has 2 N–H and O–H groups in total. The van der Waals surface area contributed by atoms with Crippen LogP contribution in [0.3, 0.4) is 0 Å². The predicted molar refractivity (Wildman–Crippen MR) is 119 cm³/mol. The van der Waals surface area contributed by atoms with Crippen LogP contribution in [0.2, 0.25) is 5.02 Å². The Kier molecular flexibility index (Phi) is 7.62. The third-order valence-electron chi connectivity index (χ3n) is 3.48. The maximum absolute atomic E-state index is 11.9. The van der Waals surface area contributed by atoms with Crippen LogP contribution in [-0.2, 0) is 0 Å². The van der Waals surface area contributed by atoms with Crippen molar-refractivity contribution in [3.8, 4) is 5.75 Å². The molecular weight excluding hydrogens is 478 g/mol. The van der Waals surface area contributed by atoms with E-state index in [0.717, 1.165) is 15.1 Å². The Hall–Kier alpha value is -2.42. The Morgan fingerprint density at radius 3 is 2.66 bits per heavy atom. The van der Waals surface area contributed by atoms with Crippen LogP contribution in [0.5, 0.6) is 5.75 Å². The minimum Gasteiger partial charge on any atom is -0.494 e. The third-order valence-corrected chi connectivity index (χ3v) is 5.58. The molecule has 0 saturated carbocycles. The van der Waals surface area contributed by atoms with E-state index in [2.05, 4.69) is 31.8 Å². The summed E-state index contributed by atoms with van der Waals surface area (Å²) >= 11 is 10.8. The number of carbonyl (C=O) groups is 1. The summed E-state index contributed by atoms with van der Waals surface area (Å²) in [6.07, 6.45) is 1.43. The number of carbonyl (C=O) groups excluding carboxylic acids is 1. The molecule has 3 aromatic rings. The van der Waals surface area contributed by atoms with Crippen molar-refractivity contribution in [1.29, 1.82) is 0 Å². The molecule has 6 nitrogen and oxygen atoms in total. The molecule has 29 heavy (non-hydrogen) atoms. The number of hydrogen-bond acceptors (Lipinski definition) is 5. The fraction of sp³-hybridized carbons (Fsp3) is 0.100. The number of nitrogens with zero attached hydrogens (tertiary/aromatic N) is 1. The van der Waals surface area contributed by atoms with Gasteiger partial charge in [-0.1, -0.05) is 23.4 Å². The number of furan rings is 1. The Morgan fingerprint density at radius 2 is 1.97 bits per heavy atom. The van der Waals surface area contributed by atoms with Crippen molar-refractivity contribution in [3.05, 3.63) is 69.9 Å². The summed E-state index contributed by atoms with van der Waals surface area (Å²) in [5.74, 6) is 1.24. The molecule has 0 spiro atoms. The maximum Gasteiger partial charge on any atom is 0.339 e. The molecule has 0 radical (unpaired) electrons. The van der Waals surface area contributed by atoms with Gasteiger partial charge in [-0.05, 0) is 71.4 Å². The molecule has 0 unspecified atom stereocenters. The fourth-order valence-electron chi connectivity index (χ4n) is 2.23. The molecule has 150 valence electrons. The summed E-state index contributed by atoms with van der Waals surface area (Å²) in [7, 11) is 0. The lowest BCUT2D eigenvalue weighted by Crippen LogP contribution is -2.24. The first-order valence-corrected chi connectivity index (χ1v) is 10.6. The highest BCUT2D eigenvalue weighted by Crippen LogP contribution is 2.35. The average Bonchev–Trinajstić information content (AvgIpc) is 3.04. The number of benzene rings is 2. The van der Waals surface area contributed by atoms with Crippen LogP contribution in [0.4, 0.5) is 10.5 Å². The van der Waals surface area contributed by atoms with E-state index in [1.165, 1.54) is 18.0 Å².